The zero-order chi connectivity index (χ0) is 38.1. The minimum atomic E-state index is -0.976. The number of hydrogen-bond acceptors (Lipinski definition) is 12. The van der Waals surface area contributed by atoms with Crippen LogP contribution in [0, 0.1) is 12.8 Å². The highest BCUT2D eigenvalue weighted by Crippen LogP contribution is 2.33. The van der Waals surface area contributed by atoms with Crippen molar-refractivity contribution in [2.45, 2.75) is 83.7 Å². The Labute approximate surface area is 322 Å². The molecule has 1 amide bonds. The van der Waals surface area contributed by atoms with Crippen LogP contribution in [0.3, 0.4) is 0 Å². The molecule has 2 unspecified atom stereocenters. The molecular weight excluding hydrogens is 697 g/mol. The Hall–Kier alpha value is -4.79. The maximum atomic E-state index is 13.6. The number of aliphatic hydroxyl groups excluding tert-OH is 2. The summed E-state index contributed by atoms with van der Waals surface area (Å²) >= 11 is 0. The van der Waals surface area contributed by atoms with Gasteiger partial charge in [0, 0.05) is 86.8 Å². The van der Waals surface area contributed by atoms with Gasteiger partial charge in [-0.1, -0.05) is 12.8 Å². The van der Waals surface area contributed by atoms with Gasteiger partial charge in [-0.2, -0.15) is 4.98 Å². The fourth-order valence-electron chi connectivity index (χ4n) is 9.01. The van der Waals surface area contributed by atoms with Crippen LogP contribution < -0.4 is 30.9 Å². The van der Waals surface area contributed by atoms with E-state index in [0.29, 0.717) is 35.9 Å². The van der Waals surface area contributed by atoms with E-state index in [1.165, 1.54) is 24.9 Å². The number of hydrogen-bond donors (Lipinski definition) is 4. The van der Waals surface area contributed by atoms with E-state index in [1.54, 1.807) is 17.7 Å². The molecule has 6 heterocycles. The summed E-state index contributed by atoms with van der Waals surface area (Å²) in [6.45, 7) is 11.3. The number of piperazine rings is 1. The maximum absolute atomic E-state index is 13.6. The van der Waals surface area contributed by atoms with Gasteiger partial charge in [-0.15, -0.1) is 0 Å². The highest BCUT2D eigenvalue weighted by Gasteiger charge is 2.28. The van der Waals surface area contributed by atoms with Crippen molar-refractivity contribution in [1.29, 1.82) is 0 Å². The molecule has 0 spiro atoms. The number of pyridine rings is 2. The third-order valence-corrected chi connectivity index (χ3v) is 12.3. The summed E-state index contributed by atoms with van der Waals surface area (Å²) in [5.41, 5.74) is 4.83. The van der Waals surface area contributed by atoms with Gasteiger partial charge in [0.1, 0.15) is 11.5 Å². The number of carbonyl (C=O) groups excluding carboxylic acids is 1. The zero-order valence-corrected chi connectivity index (χ0v) is 32.0. The predicted octanol–water partition coefficient (Wildman–Crippen LogP) is 4.44. The van der Waals surface area contributed by atoms with Gasteiger partial charge < -0.3 is 35.5 Å². The van der Waals surface area contributed by atoms with Gasteiger partial charge in [0.05, 0.1) is 18.0 Å². The molecule has 55 heavy (non-hydrogen) atoms. The number of nitrogens with one attached hydrogen (secondary N) is 2. The second-order valence-corrected chi connectivity index (χ2v) is 15.7. The van der Waals surface area contributed by atoms with Crippen molar-refractivity contribution >= 4 is 45.8 Å². The molecule has 2 atom stereocenters. The molecule has 292 valence electrons. The Morgan fingerprint density at radius 1 is 0.855 bits per heavy atom. The average molecular weight is 751 g/mol. The molecule has 8 rings (SSSR count). The van der Waals surface area contributed by atoms with E-state index in [2.05, 4.69) is 48.5 Å². The molecule has 4 fully saturated rings. The van der Waals surface area contributed by atoms with Crippen LogP contribution in [-0.2, 0) is 4.79 Å². The van der Waals surface area contributed by atoms with Crippen LogP contribution in [-0.4, -0.2) is 99.2 Å². The summed E-state index contributed by atoms with van der Waals surface area (Å²) in [6.07, 6.45) is 9.80. The number of anilines is 5. The molecule has 3 aromatic heterocycles. The Bertz CT molecular complexity index is 2020. The van der Waals surface area contributed by atoms with E-state index in [4.69, 9.17) is 9.97 Å². The molecule has 4 N–H and O–H groups in total. The summed E-state index contributed by atoms with van der Waals surface area (Å²) in [5.74, 6) is 1.64. The van der Waals surface area contributed by atoms with E-state index in [-0.39, 0.29) is 17.5 Å². The lowest BCUT2D eigenvalue weighted by Gasteiger charge is -2.38. The lowest BCUT2D eigenvalue weighted by Crippen LogP contribution is -2.54. The molecule has 1 aromatic carbocycles. The SMILES string of the molecule is Cc1c(C(C)O)c(=O)n(C2CCCC2)c2nc(Nc3ccc(N4CCC(CCN5CCN(c6ccc(N7CCC(=O)NC7O)cc6)CC5)CC4)cn3)ncc12. The number of rotatable bonds is 10. The van der Waals surface area contributed by atoms with Crippen LogP contribution in [0.2, 0.25) is 0 Å². The van der Waals surface area contributed by atoms with Crippen molar-refractivity contribution in [3.63, 3.8) is 0 Å². The molecule has 0 radical (unpaired) electrons. The largest absolute Gasteiger partial charge is 0.388 e. The monoisotopic (exact) mass is 750 g/mol. The van der Waals surface area contributed by atoms with Gasteiger partial charge in [-0.3, -0.25) is 19.1 Å². The van der Waals surface area contributed by atoms with Crippen molar-refractivity contribution < 1.29 is 15.0 Å². The number of aryl methyl sites for hydroxylation is 1. The molecule has 4 aliphatic rings. The van der Waals surface area contributed by atoms with Crippen molar-refractivity contribution in [3.8, 4) is 0 Å². The molecule has 3 saturated heterocycles. The minimum absolute atomic E-state index is 0.0700. The first kappa shape index (κ1) is 37.1. The van der Waals surface area contributed by atoms with Gasteiger partial charge in [-0.05, 0) is 100 Å². The third kappa shape index (κ3) is 7.98. The van der Waals surface area contributed by atoms with E-state index >= 15 is 0 Å². The summed E-state index contributed by atoms with van der Waals surface area (Å²) in [5, 5.41) is 27.3. The first-order valence-electron chi connectivity index (χ1n) is 20.1. The quantitative estimate of drug-likeness (QED) is 0.181. The van der Waals surface area contributed by atoms with Gasteiger partial charge >= 0.3 is 0 Å². The first-order chi connectivity index (χ1) is 26.7. The number of aromatic nitrogens is 4. The van der Waals surface area contributed by atoms with Crippen LogP contribution in [0.5, 0.6) is 0 Å². The highest BCUT2D eigenvalue weighted by atomic mass is 16.3. The molecule has 1 saturated carbocycles. The molecule has 0 bridgehead atoms. The fourth-order valence-corrected chi connectivity index (χ4v) is 9.01. The van der Waals surface area contributed by atoms with E-state index < -0.39 is 12.5 Å². The molecule has 14 heteroatoms. The number of benzene rings is 1. The fraction of sp³-hybridized carbons (Fsp3) is 0.537. The standard InChI is InChI=1S/C41H54N10O4/c1-27-34-26-43-40(46-38(34)51(32-5-3-4-6-32)39(54)37(27)28(2)52)44-35-12-11-33(25-42-35)48-18-14-29(15-19-48)13-17-47-21-23-49(24-22-47)30-7-9-31(10-8-30)50-20-16-36(53)45-41(50)55/h7-12,25-26,28-29,32,41,52,55H,3-6,13-24H2,1-2H3,(H,45,53)(H,42,43,44,46). The summed E-state index contributed by atoms with van der Waals surface area (Å²) in [4.78, 5) is 48.6. The van der Waals surface area contributed by atoms with Crippen LogP contribution in [0.4, 0.5) is 28.8 Å². The Morgan fingerprint density at radius 2 is 1.55 bits per heavy atom. The van der Waals surface area contributed by atoms with E-state index in [1.807, 2.05) is 36.2 Å². The van der Waals surface area contributed by atoms with Crippen molar-refractivity contribution in [1.82, 2.24) is 29.7 Å². The number of fused-ring (bicyclic) bond motifs is 1. The lowest BCUT2D eigenvalue weighted by molar-refractivity contribution is -0.125. The van der Waals surface area contributed by atoms with Gasteiger partial charge in [0.25, 0.3) is 5.56 Å². The second kappa shape index (κ2) is 16.1. The summed E-state index contributed by atoms with van der Waals surface area (Å²) in [6, 6.07) is 12.4. The van der Waals surface area contributed by atoms with Crippen molar-refractivity contribution in [3.05, 3.63) is 70.3 Å². The topological polar surface area (TPSA) is 155 Å². The molecule has 4 aromatic rings. The maximum Gasteiger partial charge on any atom is 0.258 e. The van der Waals surface area contributed by atoms with Gasteiger partial charge in [0.15, 0.2) is 0 Å². The van der Waals surface area contributed by atoms with E-state index in [9.17, 15) is 19.8 Å². The average Bonchev–Trinajstić information content (AvgIpc) is 3.73. The summed E-state index contributed by atoms with van der Waals surface area (Å²) < 4.78 is 1.79. The normalized spacial score (nSPS) is 21.0. The van der Waals surface area contributed by atoms with Crippen molar-refractivity contribution in [2.75, 3.05) is 72.4 Å². The highest BCUT2D eigenvalue weighted by molar-refractivity contribution is 5.81. The molecule has 14 nitrogen and oxygen atoms in total. The van der Waals surface area contributed by atoms with Crippen LogP contribution in [0.1, 0.15) is 81.6 Å². The molecule has 3 aliphatic heterocycles. The van der Waals surface area contributed by atoms with Crippen molar-refractivity contribution in [2.24, 2.45) is 5.92 Å². The molecular formula is C41H54N10O4. The van der Waals surface area contributed by atoms with E-state index in [0.717, 1.165) is 99.7 Å². The lowest BCUT2D eigenvalue weighted by atomic mass is 9.93. The van der Waals surface area contributed by atoms with Crippen LogP contribution >= 0.6 is 0 Å². The number of amides is 1. The second-order valence-electron chi connectivity index (χ2n) is 15.7. The smallest absolute Gasteiger partial charge is 0.258 e. The minimum Gasteiger partial charge on any atom is -0.388 e. The predicted molar refractivity (Wildman–Crippen MR) is 215 cm³/mol. The zero-order valence-electron chi connectivity index (χ0n) is 32.0. The third-order valence-electron chi connectivity index (χ3n) is 12.3. The van der Waals surface area contributed by atoms with Gasteiger partial charge in [-0.25, -0.2) is 9.97 Å². The Morgan fingerprint density at radius 3 is 2.22 bits per heavy atom. The number of aliphatic hydroxyl groups is 2. The Balaban J connectivity index is 0.806. The van der Waals surface area contributed by atoms with Gasteiger partial charge in [0.2, 0.25) is 18.2 Å². The van der Waals surface area contributed by atoms with Crippen LogP contribution in [0.15, 0.2) is 53.6 Å². The van der Waals surface area contributed by atoms with Crippen LogP contribution in [0.25, 0.3) is 11.0 Å². The number of piperidine rings is 1. The number of nitrogens with zero attached hydrogens (tertiary/aromatic N) is 8. The first-order valence-corrected chi connectivity index (χ1v) is 20.1. The number of carbonyl (C=O) groups is 1. The summed E-state index contributed by atoms with van der Waals surface area (Å²) in [7, 11) is 0. The Kier molecular flexibility index (Phi) is 10.9. The molecule has 1 aliphatic carbocycles.